The summed E-state index contributed by atoms with van der Waals surface area (Å²) in [5.41, 5.74) is 0. The van der Waals surface area contributed by atoms with Gasteiger partial charge in [0.05, 0.1) is 12.2 Å². The van der Waals surface area contributed by atoms with E-state index in [0.29, 0.717) is 25.2 Å². The molecule has 0 saturated heterocycles. The number of carbonyl (C=O) groups excluding carboxylic acids is 2. The third-order valence-electron chi connectivity index (χ3n) is 10.2. The zero-order chi connectivity index (χ0) is 38.3. The van der Waals surface area contributed by atoms with Crippen LogP contribution in [0.3, 0.4) is 0 Å². The molecule has 0 aromatic carbocycles. The number of hydrogen-bond acceptors (Lipinski definition) is 8. The van der Waals surface area contributed by atoms with Crippen molar-refractivity contribution in [2.45, 2.75) is 232 Å². The standard InChI is InChI=1S/C44H86N2O6/c1-5-9-13-17-19-21-25-39(29-31-41(47)27-23-15-11-7-3)45-35-37-51-43(49)33-34-44(50)52-38-36-46-40(26-22-20-18-14-10-6-2)30-32-42(48)28-24-16-12-8-4/h33-34,39-42,45-48H,5-32,35-38H2,1-4H3/b34-33-. The fourth-order valence-electron chi connectivity index (χ4n) is 6.79. The van der Waals surface area contributed by atoms with Gasteiger partial charge >= 0.3 is 11.9 Å². The molecule has 0 aromatic heterocycles. The first-order valence-electron chi connectivity index (χ1n) is 22.2. The molecule has 0 aromatic rings. The van der Waals surface area contributed by atoms with E-state index in [0.717, 1.165) is 89.2 Å². The second kappa shape index (κ2) is 39.2. The van der Waals surface area contributed by atoms with Crippen molar-refractivity contribution < 1.29 is 29.3 Å². The smallest absolute Gasteiger partial charge is 0.331 e. The van der Waals surface area contributed by atoms with Crippen molar-refractivity contribution in [3.63, 3.8) is 0 Å². The van der Waals surface area contributed by atoms with Crippen molar-refractivity contribution >= 4 is 11.9 Å². The van der Waals surface area contributed by atoms with E-state index >= 15 is 0 Å². The van der Waals surface area contributed by atoms with Gasteiger partial charge in [-0.3, -0.25) is 0 Å². The quantitative estimate of drug-likeness (QED) is 0.0279. The van der Waals surface area contributed by atoms with Crippen LogP contribution in [0.25, 0.3) is 0 Å². The monoisotopic (exact) mass is 739 g/mol. The van der Waals surface area contributed by atoms with Gasteiger partial charge in [-0.2, -0.15) is 0 Å². The summed E-state index contributed by atoms with van der Waals surface area (Å²) >= 11 is 0. The van der Waals surface area contributed by atoms with Gasteiger partial charge in [0.15, 0.2) is 0 Å². The SMILES string of the molecule is CCCCCCCCC(CCC(O)CCCCCC)NCCOC(=O)/C=C\C(=O)OCCNC(CCCCCCCC)CCC(O)CCCCCC. The Morgan fingerprint density at radius 1 is 0.442 bits per heavy atom. The highest BCUT2D eigenvalue weighted by molar-refractivity contribution is 5.91. The van der Waals surface area contributed by atoms with Crippen LogP contribution in [-0.2, 0) is 19.1 Å². The molecule has 308 valence electrons. The van der Waals surface area contributed by atoms with Gasteiger partial charge in [-0.15, -0.1) is 0 Å². The minimum Gasteiger partial charge on any atom is -0.461 e. The number of aliphatic hydroxyl groups is 2. The molecule has 0 rings (SSSR count). The summed E-state index contributed by atoms with van der Waals surface area (Å²) in [6.45, 7) is 10.4. The molecule has 0 fully saturated rings. The van der Waals surface area contributed by atoms with Gasteiger partial charge in [-0.1, -0.05) is 156 Å². The highest BCUT2D eigenvalue weighted by Gasteiger charge is 2.14. The van der Waals surface area contributed by atoms with E-state index in [9.17, 15) is 19.8 Å². The first-order valence-corrected chi connectivity index (χ1v) is 22.2. The maximum atomic E-state index is 12.3. The molecule has 4 N–H and O–H groups in total. The molecule has 0 saturated carbocycles. The predicted molar refractivity (Wildman–Crippen MR) is 219 cm³/mol. The molecule has 0 heterocycles. The van der Waals surface area contributed by atoms with Crippen molar-refractivity contribution in [3.05, 3.63) is 12.2 Å². The van der Waals surface area contributed by atoms with Crippen LogP contribution < -0.4 is 10.6 Å². The summed E-state index contributed by atoms with van der Waals surface area (Å²) in [4.78, 5) is 24.5. The number of unbranched alkanes of at least 4 members (excludes halogenated alkanes) is 16. The molecule has 4 unspecified atom stereocenters. The Hall–Kier alpha value is -1.48. The van der Waals surface area contributed by atoms with Crippen LogP contribution in [0.2, 0.25) is 0 Å². The van der Waals surface area contributed by atoms with E-state index < -0.39 is 11.9 Å². The highest BCUT2D eigenvalue weighted by atomic mass is 16.5. The lowest BCUT2D eigenvalue weighted by Gasteiger charge is -2.20. The van der Waals surface area contributed by atoms with Crippen LogP contribution in [0.1, 0.15) is 207 Å². The summed E-state index contributed by atoms with van der Waals surface area (Å²) in [6.07, 6.45) is 33.5. The van der Waals surface area contributed by atoms with E-state index in [1.165, 1.54) is 103 Å². The molecular weight excluding hydrogens is 652 g/mol. The molecule has 52 heavy (non-hydrogen) atoms. The third kappa shape index (κ3) is 35.5. The van der Waals surface area contributed by atoms with Gasteiger partial charge in [0, 0.05) is 37.3 Å². The zero-order valence-corrected chi connectivity index (χ0v) is 34.6. The number of hydrogen-bond donors (Lipinski definition) is 4. The van der Waals surface area contributed by atoms with Crippen LogP contribution in [0.15, 0.2) is 12.2 Å². The van der Waals surface area contributed by atoms with Crippen molar-refractivity contribution in [2.75, 3.05) is 26.3 Å². The largest absolute Gasteiger partial charge is 0.461 e. The molecule has 0 aliphatic heterocycles. The minimum atomic E-state index is -0.556. The lowest BCUT2D eigenvalue weighted by molar-refractivity contribution is -0.140. The first-order chi connectivity index (χ1) is 25.4. The topological polar surface area (TPSA) is 117 Å². The molecule has 0 bridgehead atoms. The minimum absolute atomic E-state index is 0.224. The summed E-state index contributed by atoms with van der Waals surface area (Å²) in [5, 5.41) is 28.1. The van der Waals surface area contributed by atoms with Gasteiger partial charge in [0.25, 0.3) is 0 Å². The van der Waals surface area contributed by atoms with Crippen LogP contribution in [-0.4, -0.2) is 72.7 Å². The molecule has 0 aliphatic carbocycles. The Kier molecular flexibility index (Phi) is 38.1. The fourth-order valence-corrected chi connectivity index (χ4v) is 6.79. The Labute approximate surface area is 321 Å². The maximum Gasteiger partial charge on any atom is 0.331 e. The lowest BCUT2D eigenvalue weighted by Crippen LogP contribution is -2.33. The molecule has 0 amide bonds. The number of esters is 2. The van der Waals surface area contributed by atoms with Crippen molar-refractivity contribution in [3.8, 4) is 0 Å². The van der Waals surface area contributed by atoms with Gasteiger partial charge in [0.1, 0.15) is 13.2 Å². The van der Waals surface area contributed by atoms with E-state index in [1.807, 2.05) is 0 Å². The fraction of sp³-hybridized carbons (Fsp3) is 0.909. The second-order valence-electron chi connectivity index (χ2n) is 15.2. The van der Waals surface area contributed by atoms with Crippen LogP contribution in [0.5, 0.6) is 0 Å². The lowest BCUT2D eigenvalue weighted by atomic mass is 9.98. The molecular formula is C44H86N2O6. The van der Waals surface area contributed by atoms with Crippen LogP contribution >= 0.6 is 0 Å². The molecule has 8 nitrogen and oxygen atoms in total. The Morgan fingerprint density at radius 2 is 0.750 bits per heavy atom. The van der Waals surface area contributed by atoms with E-state index in [-0.39, 0.29) is 25.4 Å². The molecule has 0 radical (unpaired) electrons. The summed E-state index contributed by atoms with van der Waals surface area (Å²) in [6, 6.07) is 0.584. The number of nitrogens with one attached hydrogen (secondary N) is 2. The number of rotatable bonds is 40. The summed E-state index contributed by atoms with van der Waals surface area (Å²) in [7, 11) is 0. The Morgan fingerprint density at radius 3 is 1.12 bits per heavy atom. The zero-order valence-electron chi connectivity index (χ0n) is 34.6. The van der Waals surface area contributed by atoms with Gasteiger partial charge in [0.2, 0.25) is 0 Å². The van der Waals surface area contributed by atoms with Crippen molar-refractivity contribution in [1.82, 2.24) is 10.6 Å². The predicted octanol–water partition coefficient (Wildman–Crippen LogP) is 10.3. The van der Waals surface area contributed by atoms with Gasteiger partial charge in [-0.25, -0.2) is 9.59 Å². The van der Waals surface area contributed by atoms with Crippen LogP contribution in [0, 0.1) is 0 Å². The maximum absolute atomic E-state index is 12.3. The third-order valence-corrected chi connectivity index (χ3v) is 10.2. The first kappa shape index (κ1) is 50.5. The number of ether oxygens (including phenoxy) is 2. The molecule has 8 heteroatoms. The number of aliphatic hydroxyl groups excluding tert-OH is 2. The average molecular weight is 739 g/mol. The highest BCUT2D eigenvalue weighted by Crippen LogP contribution is 2.17. The molecule has 0 spiro atoms. The molecule has 4 atom stereocenters. The Balaban J connectivity index is 4.51. The second-order valence-corrected chi connectivity index (χ2v) is 15.2. The van der Waals surface area contributed by atoms with Gasteiger partial charge in [-0.05, 0) is 51.4 Å². The molecule has 0 aliphatic rings. The van der Waals surface area contributed by atoms with Crippen molar-refractivity contribution in [2.24, 2.45) is 0 Å². The average Bonchev–Trinajstić information content (AvgIpc) is 3.14. The number of carbonyl (C=O) groups is 2. The normalized spacial score (nSPS) is 14.0. The van der Waals surface area contributed by atoms with E-state index in [2.05, 4.69) is 38.3 Å². The summed E-state index contributed by atoms with van der Waals surface area (Å²) < 4.78 is 10.7. The van der Waals surface area contributed by atoms with Crippen molar-refractivity contribution in [1.29, 1.82) is 0 Å². The summed E-state index contributed by atoms with van der Waals surface area (Å²) in [5.74, 6) is -1.11. The Bertz CT molecular complexity index is 746. The van der Waals surface area contributed by atoms with Gasteiger partial charge < -0.3 is 30.3 Å². The van der Waals surface area contributed by atoms with E-state index in [4.69, 9.17) is 9.47 Å². The van der Waals surface area contributed by atoms with Crippen LogP contribution in [0.4, 0.5) is 0 Å². The van der Waals surface area contributed by atoms with E-state index in [1.54, 1.807) is 0 Å².